The van der Waals surface area contributed by atoms with Gasteiger partial charge in [-0.2, -0.15) is 0 Å². The molecule has 0 aliphatic heterocycles. The van der Waals surface area contributed by atoms with Gasteiger partial charge >= 0.3 is 0 Å². The fraction of sp³-hybridized carbons (Fsp3) is 0.538. The minimum absolute atomic E-state index is 0.0177. The Morgan fingerprint density at radius 2 is 1.94 bits per heavy atom. The van der Waals surface area contributed by atoms with Gasteiger partial charge in [-0.05, 0) is 45.4 Å². The molecule has 0 heterocycles. The summed E-state index contributed by atoms with van der Waals surface area (Å²) in [6, 6.07) is 3.46. The van der Waals surface area contributed by atoms with Crippen LogP contribution in [0.4, 0.5) is 0 Å². The van der Waals surface area contributed by atoms with E-state index in [-0.39, 0.29) is 6.10 Å². The van der Waals surface area contributed by atoms with Crippen molar-refractivity contribution in [3.8, 4) is 11.5 Å². The summed E-state index contributed by atoms with van der Waals surface area (Å²) in [5, 5.41) is 10.0. The van der Waals surface area contributed by atoms with Crippen LogP contribution in [-0.2, 0) is 0 Å². The summed E-state index contributed by atoms with van der Waals surface area (Å²) in [6.07, 6.45) is -0.566. The van der Waals surface area contributed by atoms with E-state index in [2.05, 4.69) is 0 Å². The van der Waals surface area contributed by atoms with Gasteiger partial charge in [-0.25, -0.2) is 0 Å². The van der Waals surface area contributed by atoms with Crippen molar-refractivity contribution in [3.63, 3.8) is 0 Å². The molecule has 1 N–H and O–H groups in total. The lowest BCUT2D eigenvalue weighted by molar-refractivity contribution is 0.196. The third kappa shape index (κ3) is 3.79. The van der Waals surface area contributed by atoms with Crippen LogP contribution in [0.5, 0.6) is 11.5 Å². The Balaban J connectivity index is 3.17. The molecule has 0 fully saturated rings. The monoisotopic (exact) mass is 258 g/mol. The van der Waals surface area contributed by atoms with Gasteiger partial charge in [0.25, 0.3) is 0 Å². The van der Waals surface area contributed by atoms with E-state index in [1.54, 1.807) is 19.1 Å². The van der Waals surface area contributed by atoms with Crippen LogP contribution >= 0.6 is 11.6 Å². The highest BCUT2D eigenvalue weighted by Gasteiger charge is 2.15. The summed E-state index contributed by atoms with van der Waals surface area (Å²) < 4.78 is 11.1. The van der Waals surface area contributed by atoms with Gasteiger partial charge in [0.15, 0.2) is 11.5 Å². The molecule has 0 aromatic heterocycles. The quantitative estimate of drug-likeness (QED) is 0.877. The van der Waals surface area contributed by atoms with Crippen molar-refractivity contribution >= 4 is 11.6 Å². The Bertz CT molecular complexity index is 375. The Kier molecular flexibility index (Phi) is 5.09. The van der Waals surface area contributed by atoms with Crippen molar-refractivity contribution in [2.45, 2.75) is 39.9 Å². The number of hydrogen-bond donors (Lipinski definition) is 1. The smallest absolute Gasteiger partial charge is 0.180 e. The summed E-state index contributed by atoms with van der Waals surface area (Å²) in [5.41, 5.74) is 0.717. The normalized spacial score (nSPS) is 12.6. The molecule has 4 heteroatoms. The highest BCUT2D eigenvalue weighted by atomic mass is 35.5. The van der Waals surface area contributed by atoms with Gasteiger partial charge in [0, 0.05) is 0 Å². The lowest BCUT2D eigenvalue weighted by Gasteiger charge is -2.18. The standard InChI is InChI=1S/C13H19ClO3/c1-5-16-12-7-10(9(4)15)6-11(14)13(12)17-8(2)3/h6-9,15H,5H2,1-4H3. The molecule has 1 atom stereocenters. The van der Waals surface area contributed by atoms with Crippen molar-refractivity contribution in [2.75, 3.05) is 6.61 Å². The molecule has 0 spiro atoms. The predicted octanol–water partition coefficient (Wildman–Crippen LogP) is 3.58. The van der Waals surface area contributed by atoms with E-state index in [0.717, 1.165) is 5.56 Å². The first-order valence-electron chi connectivity index (χ1n) is 5.76. The van der Waals surface area contributed by atoms with Gasteiger partial charge in [-0.3, -0.25) is 0 Å². The van der Waals surface area contributed by atoms with Crippen LogP contribution < -0.4 is 9.47 Å². The first-order valence-corrected chi connectivity index (χ1v) is 6.14. The molecule has 3 nitrogen and oxygen atoms in total. The van der Waals surface area contributed by atoms with E-state index in [1.807, 2.05) is 20.8 Å². The van der Waals surface area contributed by atoms with Crippen LogP contribution in [0, 0.1) is 0 Å². The van der Waals surface area contributed by atoms with E-state index in [9.17, 15) is 5.11 Å². The van der Waals surface area contributed by atoms with E-state index in [0.29, 0.717) is 23.1 Å². The molecule has 0 saturated heterocycles. The molecule has 0 amide bonds. The van der Waals surface area contributed by atoms with E-state index >= 15 is 0 Å². The third-order valence-corrected chi connectivity index (χ3v) is 2.45. The molecule has 1 unspecified atom stereocenters. The van der Waals surface area contributed by atoms with Crippen LogP contribution in [0.25, 0.3) is 0 Å². The minimum atomic E-state index is -0.584. The number of halogens is 1. The lowest BCUT2D eigenvalue weighted by atomic mass is 10.1. The van der Waals surface area contributed by atoms with Gasteiger partial charge in [0.1, 0.15) is 0 Å². The average molecular weight is 259 g/mol. The number of aliphatic hydroxyl groups excluding tert-OH is 1. The van der Waals surface area contributed by atoms with Crippen molar-refractivity contribution in [2.24, 2.45) is 0 Å². The second-order valence-corrected chi connectivity index (χ2v) is 4.51. The van der Waals surface area contributed by atoms with Gasteiger partial charge < -0.3 is 14.6 Å². The SMILES string of the molecule is CCOc1cc(C(C)O)cc(Cl)c1OC(C)C. The van der Waals surface area contributed by atoms with Gasteiger partial charge in [0.2, 0.25) is 0 Å². The highest BCUT2D eigenvalue weighted by Crippen LogP contribution is 2.38. The van der Waals surface area contributed by atoms with E-state index < -0.39 is 6.10 Å². The van der Waals surface area contributed by atoms with Gasteiger partial charge in [0.05, 0.1) is 23.8 Å². The first kappa shape index (κ1) is 14.1. The zero-order valence-corrected chi connectivity index (χ0v) is 11.4. The highest BCUT2D eigenvalue weighted by molar-refractivity contribution is 6.32. The van der Waals surface area contributed by atoms with Crippen LogP contribution in [0.15, 0.2) is 12.1 Å². The number of ether oxygens (including phenoxy) is 2. The Labute approximate surface area is 107 Å². The number of aliphatic hydroxyl groups is 1. The summed E-state index contributed by atoms with van der Waals surface area (Å²) in [6.45, 7) is 7.95. The van der Waals surface area contributed by atoms with Crippen LogP contribution in [0.3, 0.4) is 0 Å². The summed E-state index contributed by atoms with van der Waals surface area (Å²) in [4.78, 5) is 0. The fourth-order valence-electron chi connectivity index (χ4n) is 1.44. The van der Waals surface area contributed by atoms with Crippen molar-refractivity contribution in [1.82, 2.24) is 0 Å². The molecule has 96 valence electrons. The zero-order chi connectivity index (χ0) is 13.0. The maximum atomic E-state index is 9.56. The molecule has 0 saturated carbocycles. The Morgan fingerprint density at radius 1 is 1.29 bits per heavy atom. The maximum Gasteiger partial charge on any atom is 0.180 e. The second-order valence-electron chi connectivity index (χ2n) is 4.11. The second kappa shape index (κ2) is 6.12. The number of benzene rings is 1. The van der Waals surface area contributed by atoms with Crippen LogP contribution in [0.1, 0.15) is 39.4 Å². The lowest BCUT2D eigenvalue weighted by Crippen LogP contribution is -2.08. The van der Waals surface area contributed by atoms with Gasteiger partial charge in [-0.1, -0.05) is 11.6 Å². The Morgan fingerprint density at radius 3 is 2.41 bits per heavy atom. The molecular formula is C13H19ClO3. The molecule has 1 aromatic carbocycles. The molecule has 0 radical (unpaired) electrons. The molecule has 1 rings (SSSR count). The third-order valence-electron chi connectivity index (χ3n) is 2.17. The van der Waals surface area contributed by atoms with Gasteiger partial charge in [-0.15, -0.1) is 0 Å². The molecule has 0 aliphatic rings. The molecule has 1 aromatic rings. The van der Waals surface area contributed by atoms with E-state index in [4.69, 9.17) is 21.1 Å². The fourth-order valence-corrected chi connectivity index (χ4v) is 1.71. The van der Waals surface area contributed by atoms with Crippen LogP contribution in [0.2, 0.25) is 5.02 Å². The minimum Gasteiger partial charge on any atom is -0.490 e. The first-order chi connectivity index (χ1) is 7.95. The van der Waals surface area contributed by atoms with Crippen LogP contribution in [-0.4, -0.2) is 17.8 Å². The van der Waals surface area contributed by atoms with E-state index in [1.165, 1.54) is 0 Å². The molecular weight excluding hydrogens is 240 g/mol. The zero-order valence-electron chi connectivity index (χ0n) is 10.7. The number of rotatable bonds is 5. The predicted molar refractivity (Wildman–Crippen MR) is 69.0 cm³/mol. The van der Waals surface area contributed by atoms with Crippen molar-refractivity contribution in [3.05, 3.63) is 22.7 Å². The average Bonchev–Trinajstić information content (AvgIpc) is 2.22. The van der Waals surface area contributed by atoms with Crippen molar-refractivity contribution in [1.29, 1.82) is 0 Å². The topological polar surface area (TPSA) is 38.7 Å². The van der Waals surface area contributed by atoms with Crippen molar-refractivity contribution < 1.29 is 14.6 Å². The maximum absolute atomic E-state index is 9.56. The molecule has 17 heavy (non-hydrogen) atoms. The Hall–Kier alpha value is -0.930. The molecule has 0 aliphatic carbocycles. The number of hydrogen-bond acceptors (Lipinski definition) is 3. The summed E-state index contributed by atoms with van der Waals surface area (Å²) >= 11 is 6.14. The summed E-state index contributed by atoms with van der Waals surface area (Å²) in [5.74, 6) is 1.11. The largest absolute Gasteiger partial charge is 0.490 e. The molecule has 0 bridgehead atoms. The summed E-state index contributed by atoms with van der Waals surface area (Å²) in [7, 11) is 0.